The van der Waals surface area contributed by atoms with E-state index in [0.29, 0.717) is 18.6 Å². The summed E-state index contributed by atoms with van der Waals surface area (Å²) in [7, 11) is 0. The van der Waals surface area contributed by atoms with Crippen molar-refractivity contribution in [1.29, 1.82) is 0 Å². The number of nitrogens with zero attached hydrogens (tertiary/aromatic N) is 1. The minimum absolute atomic E-state index is 0.0501. The molecule has 0 aliphatic rings. The van der Waals surface area contributed by atoms with Gasteiger partial charge in [-0.25, -0.2) is 0 Å². The molecule has 0 fully saturated rings. The zero-order valence-corrected chi connectivity index (χ0v) is 13.7. The van der Waals surface area contributed by atoms with Crippen LogP contribution in [0.4, 0.5) is 5.69 Å². The molecule has 24 heavy (non-hydrogen) atoms. The largest absolute Gasteiger partial charge is 0.465 e. The van der Waals surface area contributed by atoms with E-state index < -0.39 is 16.8 Å². The molecule has 0 aliphatic carbocycles. The molecule has 5 nitrogen and oxygen atoms in total. The summed E-state index contributed by atoms with van der Waals surface area (Å²) in [6, 6.07) is 15.8. The number of rotatable bonds is 8. The van der Waals surface area contributed by atoms with Crippen molar-refractivity contribution in [2.75, 3.05) is 6.61 Å². The van der Waals surface area contributed by atoms with Crippen molar-refractivity contribution in [1.82, 2.24) is 0 Å². The van der Waals surface area contributed by atoms with Crippen molar-refractivity contribution in [3.8, 4) is 0 Å². The highest BCUT2D eigenvalue weighted by atomic mass is 16.6. The zero-order chi connectivity index (χ0) is 17.4. The van der Waals surface area contributed by atoms with Gasteiger partial charge < -0.3 is 4.74 Å². The Morgan fingerprint density at radius 3 is 2.46 bits per heavy atom. The third kappa shape index (κ3) is 4.65. The second-order valence-electron chi connectivity index (χ2n) is 5.58. The number of nitro groups is 1. The number of carbonyl (C=O) groups is 1. The van der Waals surface area contributed by atoms with Crippen LogP contribution in [0.3, 0.4) is 0 Å². The van der Waals surface area contributed by atoms with Crippen LogP contribution in [0.15, 0.2) is 54.6 Å². The number of hydrogen-bond donors (Lipinski definition) is 0. The van der Waals surface area contributed by atoms with Crippen LogP contribution in [-0.4, -0.2) is 17.5 Å². The highest BCUT2D eigenvalue weighted by molar-refractivity contribution is 5.80. The van der Waals surface area contributed by atoms with Crippen molar-refractivity contribution in [3.63, 3.8) is 0 Å². The van der Waals surface area contributed by atoms with Gasteiger partial charge in [0.15, 0.2) is 0 Å². The highest BCUT2D eigenvalue weighted by Gasteiger charge is 2.29. The standard InChI is InChI=1S/C19H21NO4/c1-2-3-13-24-19(21)17(14-15-9-5-4-6-10-15)16-11-7-8-12-18(16)20(22)23/h4-12,17H,2-3,13-14H2,1H3. The first-order chi connectivity index (χ1) is 11.6. The van der Waals surface area contributed by atoms with E-state index in [1.807, 2.05) is 37.3 Å². The predicted octanol–water partition coefficient (Wildman–Crippen LogP) is 4.26. The van der Waals surface area contributed by atoms with Crippen molar-refractivity contribution in [3.05, 3.63) is 75.8 Å². The summed E-state index contributed by atoms with van der Waals surface area (Å²) < 4.78 is 5.34. The van der Waals surface area contributed by atoms with Crippen LogP contribution in [0, 0.1) is 10.1 Å². The Balaban J connectivity index is 2.32. The lowest BCUT2D eigenvalue weighted by Crippen LogP contribution is -2.20. The van der Waals surface area contributed by atoms with E-state index in [1.165, 1.54) is 6.07 Å². The van der Waals surface area contributed by atoms with Gasteiger partial charge >= 0.3 is 5.97 Å². The maximum atomic E-state index is 12.6. The first kappa shape index (κ1) is 17.7. The molecule has 0 aromatic heterocycles. The molecule has 0 radical (unpaired) electrons. The molecule has 0 spiro atoms. The summed E-state index contributed by atoms with van der Waals surface area (Å²) >= 11 is 0. The van der Waals surface area contributed by atoms with Crippen molar-refractivity contribution in [2.45, 2.75) is 32.1 Å². The Bertz CT molecular complexity index is 685. The number of nitro benzene ring substituents is 1. The summed E-state index contributed by atoms with van der Waals surface area (Å²) in [4.78, 5) is 23.4. The second kappa shape index (κ2) is 8.82. The van der Waals surface area contributed by atoms with E-state index in [0.717, 1.165) is 18.4 Å². The summed E-state index contributed by atoms with van der Waals surface area (Å²) in [5.41, 5.74) is 1.28. The molecule has 0 amide bonds. The van der Waals surface area contributed by atoms with Crippen molar-refractivity contribution < 1.29 is 14.5 Å². The molecule has 2 aromatic rings. The van der Waals surface area contributed by atoms with Crippen LogP contribution in [-0.2, 0) is 16.0 Å². The first-order valence-electron chi connectivity index (χ1n) is 8.07. The van der Waals surface area contributed by atoms with E-state index in [2.05, 4.69) is 0 Å². The number of unbranched alkanes of at least 4 members (excludes halogenated alkanes) is 1. The Labute approximate surface area is 141 Å². The van der Waals surface area contributed by atoms with Crippen LogP contribution in [0.25, 0.3) is 0 Å². The zero-order valence-electron chi connectivity index (χ0n) is 13.7. The van der Waals surface area contributed by atoms with E-state index in [-0.39, 0.29) is 5.69 Å². The maximum Gasteiger partial charge on any atom is 0.314 e. The molecule has 2 aromatic carbocycles. The fraction of sp³-hybridized carbons (Fsp3) is 0.316. The Kier molecular flexibility index (Phi) is 6.49. The quantitative estimate of drug-likeness (QED) is 0.314. The van der Waals surface area contributed by atoms with Crippen LogP contribution in [0.5, 0.6) is 0 Å². The summed E-state index contributed by atoms with van der Waals surface area (Å²) in [6.07, 6.45) is 2.07. The minimum Gasteiger partial charge on any atom is -0.465 e. The fourth-order valence-corrected chi connectivity index (χ4v) is 2.54. The third-order valence-corrected chi connectivity index (χ3v) is 3.82. The molecule has 2 rings (SSSR count). The molecule has 5 heteroatoms. The molecule has 0 saturated carbocycles. The van der Waals surface area contributed by atoms with E-state index in [4.69, 9.17) is 4.74 Å². The number of para-hydroxylation sites is 1. The minimum atomic E-state index is -0.689. The maximum absolute atomic E-state index is 12.6. The molecule has 0 bridgehead atoms. The Hall–Kier alpha value is -2.69. The number of esters is 1. The van der Waals surface area contributed by atoms with E-state index in [1.54, 1.807) is 18.2 Å². The number of benzene rings is 2. The monoisotopic (exact) mass is 327 g/mol. The van der Waals surface area contributed by atoms with Gasteiger partial charge in [0.05, 0.1) is 17.4 Å². The molecular formula is C19H21NO4. The van der Waals surface area contributed by atoms with Crippen LogP contribution in [0.1, 0.15) is 36.8 Å². The molecule has 0 aliphatic heterocycles. The SMILES string of the molecule is CCCCOC(=O)C(Cc1ccccc1)c1ccccc1[N+](=O)[O-]. The molecule has 1 atom stereocenters. The topological polar surface area (TPSA) is 69.4 Å². The van der Waals surface area contributed by atoms with Crippen LogP contribution >= 0.6 is 0 Å². The van der Waals surface area contributed by atoms with Gasteiger partial charge in [-0.15, -0.1) is 0 Å². The van der Waals surface area contributed by atoms with Crippen molar-refractivity contribution >= 4 is 11.7 Å². The molecule has 0 saturated heterocycles. The predicted molar refractivity (Wildman–Crippen MR) is 91.9 cm³/mol. The van der Waals surface area contributed by atoms with Crippen molar-refractivity contribution in [2.24, 2.45) is 0 Å². The molecule has 126 valence electrons. The third-order valence-electron chi connectivity index (χ3n) is 3.82. The first-order valence-corrected chi connectivity index (χ1v) is 8.07. The van der Waals surface area contributed by atoms with E-state index >= 15 is 0 Å². The molecule has 1 unspecified atom stereocenters. The van der Waals surface area contributed by atoms with Gasteiger partial charge in [0.2, 0.25) is 0 Å². The lowest BCUT2D eigenvalue weighted by atomic mass is 9.91. The average Bonchev–Trinajstić information content (AvgIpc) is 2.60. The summed E-state index contributed by atoms with van der Waals surface area (Å²) in [5.74, 6) is -1.10. The van der Waals surface area contributed by atoms with E-state index in [9.17, 15) is 14.9 Å². The summed E-state index contributed by atoms with van der Waals surface area (Å²) in [5, 5.41) is 11.3. The molecular weight excluding hydrogens is 306 g/mol. The number of ether oxygens (including phenoxy) is 1. The lowest BCUT2D eigenvalue weighted by molar-refractivity contribution is -0.385. The second-order valence-corrected chi connectivity index (χ2v) is 5.58. The van der Waals surface area contributed by atoms with Gasteiger partial charge in [-0.1, -0.05) is 61.9 Å². The van der Waals surface area contributed by atoms with Gasteiger partial charge in [-0.05, 0) is 18.4 Å². The Morgan fingerprint density at radius 1 is 1.12 bits per heavy atom. The number of hydrogen-bond acceptors (Lipinski definition) is 4. The smallest absolute Gasteiger partial charge is 0.314 e. The lowest BCUT2D eigenvalue weighted by Gasteiger charge is -2.16. The van der Waals surface area contributed by atoms with Crippen LogP contribution < -0.4 is 0 Å². The summed E-state index contributed by atoms with van der Waals surface area (Å²) in [6.45, 7) is 2.35. The highest BCUT2D eigenvalue weighted by Crippen LogP contribution is 2.30. The van der Waals surface area contributed by atoms with Gasteiger partial charge in [0.25, 0.3) is 5.69 Å². The van der Waals surface area contributed by atoms with Gasteiger partial charge in [-0.3, -0.25) is 14.9 Å². The number of carbonyl (C=O) groups excluding carboxylic acids is 1. The Morgan fingerprint density at radius 2 is 1.79 bits per heavy atom. The van der Waals surface area contributed by atoms with Gasteiger partial charge in [0, 0.05) is 11.6 Å². The van der Waals surface area contributed by atoms with Gasteiger partial charge in [-0.2, -0.15) is 0 Å². The molecule has 0 N–H and O–H groups in total. The van der Waals surface area contributed by atoms with Crippen LogP contribution in [0.2, 0.25) is 0 Å². The van der Waals surface area contributed by atoms with Gasteiger partial charge in [0.1, 0.15) is 0 Å². The molecule has 0 heterocycles. The fourth-order valence-electron chi connectivity index (χ4n) is 2.54. The average molecular weight is 327 g/mol. The normalized spacial score (nSPS) is 11.7.